The average molecular weight is 209 g/mol. The van der Waals surface area contributed by atoms with Gasteiger partial charge in [0.1, 0.15) is 12.4 Å². The minimum absolute atomic E-state index is 0.0596. The predicted octanol–water partition coefficient (Wildman–Crippen LogP) is 1.04. The van der Waals surface area contributed by atoms with Gasteiger partial charge in [-0.1, -0.05) is 18.2 Å². The predicted molar refractivity (Wildman–Crippen MR) is 56.4 cm³/mol. The summed E-state index contributed by atoms with van der Waals surface area (Å²) >= 11 is 0. The molecule has 0 aromatic heterocycles. The molecule has 4 heteroatoms. The first kappa shape index (κ1) is 11.5. The molecule has 82 valence electrons. The van der Waals surface area contributed by atoms with Gasteiger partial charge in [-0.05, 0) is 13.0 Å². The lowest BCUT2D eigenvalue weighted by Gasteiger charge is -2.06. The molecule has 0 spiro atoms. The molecule has 0 bridgehead atoms. The normalized spacial score (nSPS) is 9.93. The van der Waals surface area contributed by atoms with Crippen molar-refractivity contribution in [1.82, 2.24) is 5.32 Å². The quantitative estimate of drug-likeness (QED) is 0.762. The summed E-state index contributed by atoms with van der Waals surface area (Å²) in [5.74, 6) is 0.00862. The van der Waals surface area contributed by atoms with Crippen molar-refractivity contribution in [3.63, 3.8) is 0 Å². The second-order valence-electron chi connectivity index (χ2n) is 3.04. The maximum absolute atomic E-state index is 11.2. The van der Waals surface area contributed by atoms with Crippen LogP contribution in [0.5, 0.6) is 5.75 Å². The molecule has 15 heavy (non-hydrogen) atoms. The third-order valence-electron chi connectivity index (χ3n) is 1.90. The van der Waals surface area contributed by atoms with Gasteiger partial charge in [0.2, 0.25) is 5.91 Å². The lowest BCUT2D eigenvalue weighted by Crippen LogP contribution is -2.27. The Kier molecular flexibility index (Phi) is 4.63. The zero-order valence-electron chi connectivity index (χ0n) is 8.69. The summed E-state index contributed by atoms with van der Waals surface area (Å²) in [6.07, 6.45) is 0. The van der Waals surface area contributed by atoms with Gasteiger partial charge in [0.25, 0.3) is 0 Å². The number of phenolic OH excluding ortho intramolecular Hbond substituents is 1. The maximum Gasteiger partial charge on any atom is 0.246 e. The number of rotatable bonds is 5. The van der Waals surface area contributed by atoms with E-state index < -0.39 is 0 Å². The van der Waals surface area contributed by atoms with Crippen molar-refractivity contribution in [3.05, 3.63) is 29.8 Å². The van der Waals surface area contributed by atoms with Crippen LogP contribution in [-0.4, -0.2) is 24.2 Å². The van der Waals surface area contributed by atoms with Crippen LogP contribution in [-0.2, 0) is 16.1 Å². The lowest BCUT2D eigenvalue weighted by atomic mass is 10.2. The van der Waals surface area contributed by atoms with E-state index in [0.717, 1.165) is 0 Å². The van der Waals surface area contributed by atoms with Crippen molar-refractivity contribution in [3.8, 4) is 5.75 Å². The molecule has 0 radical (unpaired) electrons. The molecule has 0 saturated carbocycles. The summed E-state index contributed by atoms with van der Waals surface area (Å²) in [5.41, 5.74) is 0.697. The lowest BCUT2D eigenvalue weighted by molar-refractivity contribution is -0.125. The largest absolute Gasteiger partial charge is 0.508 e. The Bertz CT molecular complexity index is 325. The molecular formula is C11H15NO3. The van der Waals surface area contributed by atoms with E-state index in [0.29, 0.717) is 18.7 Å². The van der Waals surface area contributed by atoms with Crippen LogP contribution in [0.4, 0.5) is 0 Å². The van der Waals surface area contributed by atoms with E-state index in [-0.39, 0.29) is 18.3 Å². The highest BCUT2D eigenvalue weighted by Crippen LogP contribution is 2.14. The molecule has 1 rings (SSSR count). The van der Waals surface area contributed by atoms with Gasteiger partial charge >= 0.3 is 0 Å². The zero-order chi connectivity index (χ0) is 11.1. The molecule has 1 amide bonds. The second kappa shape index (κ2) is 6.03. The van der Waals surface area contributed by atoms with Crippen molar-refractivity contribution in [2.45, 2.75) is 13.5 Å². The van der Waals surface area contributed by atoms with Gasteiger partial charge in [-0.15, -0.1) is 0 Å². The van der Waals surface area contributed by atoms with Crippen LogP contribution < -0.4 is 5.32 Å². The van der Waals surface area contributed by atoms with E-state index >= 15 is 0 Å². The summed E-state index contributed by atoms with van der Waals surface area (Å²) in [5, 5.41) is 12.1. The Morgan fingerprint density at radius 3 is 2.87 bits per heavy atom. The van der Waals surface area contributed by atoms with Gasteiger partial charge in [-0.3, -0.25) is 4.79 Å². The molecule has 0 heterocycles. The number of ether oxygens (including phenoxy) is 1. The average Bonchev–Trinajstić information content (AvgIpc) is 2.25. The second-order valence-corrected chi connectivity index (χ2v) is 3.04. The van der Waals surface area contributed by atoms with E-state index in [4.69, 9.17) is 4.74 Å². The van der Waals surface area contributed by atoms with E-state index in [1.54, 1.807) is 18.2 Å². The monoisotopic (exact) mass is 209 g/mol. The SMILES string of the molecule is CCOCC(=O)NCc1ccccc1O. The third kappa shape index (κ3) is 3.99. The van der Waals surface area contributed by atoms with E-state index in [9.17, 15) is 9.90 Å². The van der Waals surface area contributed by atoms with Crippen LogP contribution in [0.3, 0.4) is 0 Å². The number of hydrogen-bond acceptors (Lipinski definition) is 3. The number of carbonyl (C=O) groups is 1. The summed E-state index contributed by atoms with van der Waals surface area (Å²) in [6, 6.07) is 6.89. The van der Waals surface area contributed by atoms with Crippen LogP contribution in [0.1, 0.15) is 12.5 Å². The smallest absolute Gasteiger partial charge is 0.246 e. The number of amides is 1. The van der Waals surface area contributed by atoms with Crippen LogP contribution >= 0.6 is 0 Å². The number of nitrogens with one attached hydrogen (secondary N) is 1. The molecule has 0 aliphatic carbocycles. The molecule has 4 nitrogen and oxygen atoms in total. The van der Waals surface area contributed by atoms with E-state index in [1.807, 2.05) is 13.0 Å². The zero-order valence-corrected chi connectivity index (χ0v) is 8.69. The molecule has 0 unspecified atom stereocenters. The fourth-order valence-electron chi connectivity index (χ4n) is 1.10. The van der Waals surface area contributed by atoms with Gasteiger partial charge < -0.3 is 15.2 Å². The third-order valence-corrected chi connectivity index (χ3v) is 1.90. The maximum atomic E-state index is 11.2. The Morgan fingerprint density at radius 2 is 2.20 bits per heavy atom. The van der Waals surface area contributed by atoms with Crippen LogP contribution in [0, 0.1) is 0 Å². The number of para-hydroxylation sites is 1. The number of phenols is 1. The molecule has 0 atom stereocenters. The highest BCUT2D eigenvalue weighted by molar-refractivity contribution is 5.77. The number of carbonyl (C=O) groups excluding carboxylic acids is 1. The van der Waals surface area contributed by atoms with Gasteiger partial charge in [-0.25, -0.2) is 0 Å². The molecule has 0 aliphatic rings. The van der Waals surface area contributed by atoms with E-state index in [1.165, 1.54) is 0 Å². The molecule has 0 aliphatic heterocycles. The molecule has 0 saturated heterocycles. The van der Waals surface area contributed by atoms with Crippen LogP contribution in [0.2, 0.25) is 0 Å². The molecule has 0 fully saturated rings. The Morgan fingerprint density at radius 1 is 1.47 bits per heavy atom. The number of aromatic hydroxyl groups is 1. The Labute approximate surface area is 88.9 Å². The molecule has 1 aromatic carbocycles. The van der Waals surface area contributed by atoms with E-state index in [2.05, 4.69) is 5.32 Å². The first-order valence-electron chi connectivity index (χ1n) is 4.85. The van der Waals surface area contributed by atoms with Crippen LogP contribution in [0.25, 0.3) is 0 Å². The number of hydrogen-bond donors (Lipinski definition) is 2. The van der Waals surface area contributed by atoms with Crippen molar-refractivity contribution in [2.24, 2.45) is 0 Å². The summed E-state index contributed by atoms with van der Waals surface area (Å²) < 4.78 is 4.94. The summed E-state index contributed by atoms with van der Waals surface area (Å²) in [6.45, 7) is 2.73. The molecule has 2 N–H and O–H groups in total. The fraction of sp³-hybridized carbons (Fsp3) is 0.364. The molecular weight excluding hydrogens is 194 g/mol. The first-order chi connectivity index (χ1) is 7.24. The van der Waals surface area contributed by atoms with Crippen LogP contribution in [0.15, 0.2) is 24.3 Å². The van der Waals surface area contributed by atoms with Gasteiger partial charge in [0.15, 0.2) is 0 Å². The highest BCUT2D eigenvalue weighted by atomic mass is 16.5. The van der Waals surface area contributed by atoms with Crippen molar-refractivity contribution < 1.29 is 14.6 Å². The minimum Gasteiger partial charge on any atom is -0.508 e. The topological polar surface area (TPSA) is 58.6 Å². The summed E-state index contributed by atoms with van der Waals surface area (Å²) in [4.78, 5) is 11.2. The van der Waals surface area contributed by atoms with Crippen molar-refractivity contribution in [1.29, 1.82) is 0 Å². The Hall–Kier alpha value is -1.55. The van der Waals surface area contributed by atoms with Gasteiger partial charge in [-0.2, -0.15) is 0 Å². The standard InChI is InChI=1S/C11H15NO3/c1-2-15-8-11(14)12-7-9-5-3-4-6-10(9)13/h3-6,13H,2,7-8H2,1H3,(H,12,14). The fourth-order valence-corrected chi connectivity index (χ4v) is 1.10. The van der Waals surface area contributed by atoms with Gasteiger partial charge in [0.05, 0.1) is 0 Å². The first-order valence-corrected chi connectivity index (χ1v) is 4.85. The Balaban J connectivity index is 2.37. The van der Waals surface area contributed by atoms with Crippen molar-refractivity contribution >= 4 is 5.91 Å². The molecule has 1 aromatic rings. The summed E-state index contributed by atoms with van der Waals surface area (Å²) in [7, 11) is 0. The highest BCUT2D eigenvalue weighted by Gasteiger charge is 2.03. The number of benzene rings is 1. The van der Waals surface area contributed by atoms with Crippen molar-refractivity contribution in [2.75, 3.05) is 13.2 Å². The minimum atomic E-state index is -0.180. The van der Waals surface area contributed by atoms with Gasteiger partial charge in [0, 0.05) is 18.7 Å².